The Morgan fingerprint density at radius 2 is 2.30 bits per heavy atom. The summed E-state index contributed by atoms with van der Waals surface area (Å²) in [5.41, 5.74) is 6.62. The highest BCUT2D eigenvalue weighted by molar-refractivity contribution is 5.93. The van der Waals surface area contributed by atoms with E-state index in [4.69, 9.17) is 11.1 Å². The first kappa shape index (κ1) is 13.4. The number of pyridine rings is 1. The van der Waals surface area contributed by atoms with Gasteiger partial charge in [0, 0.05) is 30.9 Å². The summed E-state index contributed by atoms with van der Waals surface area (Å²) in [6, 6.07) is 3.83. The molecule has 1 saturated carbocycles. The summed E-state index contributed by atoms with van der Waals surface area (Å²) < 4.78 is 0. The Morgan fingerprint density at radius 3 is 3.10 bits per heavy atom. The molecule has 1 aliphatic heterocycles. The quantitative estimate of drug-likeness (QED) is 0.563. The van der Waals surface area contributed by atoms with Gasteiger partial charge in [-0.05, 0) is 31.4 Å². The summed E-state index contributed by atoms with van der Waals surface area (Å²) in [5.74, 6) is 0.358. The predicted molar refractivity (Wildman–Crippen MR) is 79.0 cm³/mol. The van der Waals surface area contributed by atoms with Gasteiger partial charge in [-0.15, -0.1) is 0 Å². The van der Waals surface area contributed by atoms with Gasteiger partial charge in [0.2, 0.25) is 0 Å². The lowest BCUT2D eigenvalue weighted by atomic mass is 9.71. The van der Waals surface area contributed by atoms with E-state index < -0.39 is 5.60 Å². The van der Waals surface area contributed by atoms with Crippen molar-refractivity contribution in [3.05, 3.63) is 24.0 Å². The molecule has 5 nitrogen and oxygen atoms in total. The van der Waals surface area contributed by atoms with Crippen LogP contribution in [0, 0.1) is 11.3 Å². The molecule has 2 fully saturated rings. The molecule has 0 aromatic carbocycles. The van der Waals surface area contributed by atoms with E-state index in [9.17, 15) is 5.11 Å². The first-order valence-electron chi connectivity index (χ1n) is 7.36. The maximum atomic E-state index is 10.7. The lowest BCUT2D eigenvalue weighted by Gasteiger charge is -2.48. The molecule has 1 aromatic rings. The number of aliphatic hydroxyl groups is 1. The summed E-state index contributed by atoms with van der Waals surface area (Å²) in [6.07, 6.45) is 6.95. The van der Waals surface area contributed by atoms with Gasteiger partial charge in [0.1, 0.15) is 11.5 Å². The van der Waals surface area contributed by atoms with Crippen LogP contribution >= 0.6 is 0 Å². The Kier molecular flexibility index (Phi) is 3.38. The summed E-state index contributed by atoms with van der Waals surface area (Å²) in [5, 5.41) is 18.2. The minimum Gasteiger partial charge on any atom is -0.389 e. The molecule has 4 N–H and O–H groups in total. The number of nitrogen functional groups attached to an aromatic ring is 1. The van der Waals surface area contributed by atoms with Crippen LogP contribution in [0.3, 0.4) is 0 Å². The molecule has 2 heterocycles. The van der Waals surface area contributed by atoms with Gasteiger partial charge in [0.15, 0.2) is 0 Å². The third kappa shape index (κ3) is 2.38. The van der Waals surface area contributed by atoms with Crippen molar-refractivity contribution in [2.24, 2.45) is 11.7 Å². The largest absolute Gasteiger partial charge is 0.389 e. The maximum Gasteiger partial charge on any atom is 0.141 e. The van der Waals surface area contributed by atoms with Crippen LogP contribution in [-0.4, -0.2) is 34.6 Å². The van der Waals surface area contributed by atoms with Crippen LogP contribution in [0.25, 0.3) is 0 Å². The Morgan fingerprint density at radius 1 is 1.45 bits per heavy atom. The van der Waals surface area contributed by atoms with E-state index in [0.717, 1.165) is 44.5 Å². The fourth-order valence-corrected chi connectivity index (χ4v) is 3.57. The van der Waals surface area contributed by atoms with Crippen molar-refractivity contribution in [1.82, 2.24) is 4.98 Å². The van der Waals surface area contributed by atoms with E-state index in [-0.39, 0.29) is 5.84 Å². The fraction of sp³-hybridized carbons (Fsp3) is 0.600. The van der Waals surface area contributed by atoms with Gasteiger partial charge in [-0.3, -0.25) is 10.4 Å². The Labute approximate surface area is 119 Å². The second kappa shape index (κ2) is 5.05. The molecule has 108 valence electrons. The lowest BCUT2D eigenvalue weighted by Crippen LogP contribution is -2.53. The summed E-state index contributed by atoms with van der Waals surface area (Å²) >= 11 is 0. The van der Waals surface area contributed by atoms with Crippen LogP contribution in [-0.2, 0) is 0 Å². The van der Waals surface area contributed by atoms with E-state index in [2.05, 4.69) is 9.88 Å². The number of nitrogens with one attached hydrogen (secondary N) is 1. The Bertz CT molecular complexity index is 518. The fourth-order valence-electron chi connectivity index (χ4n) is 3.57. The molecule has 1 aromatic heterocycles. The molecule has 2 aliphatic rings. The second-order valence-electron chi connectivity index (χ2n) is 6.06. The monoisotopic (exact) mass is 274 g/mol. The number of anilines is 1. The summed E-state index contributed by atoms with van der Waals surface area (Å²) in [4.78, 5) is 6.39. The molecule has 0 spiro atoms. The number of nitrogens with zero attached hydrogens (tertiary/aromatic N) is 2. The zero-order valence-electron chi connectivity index (χ0n) is 11.7. The van der Waals surface area contributed by atoms with Gasteiger partial charge in [-0.25, -0.2) is 0 Å². The number of hydrogen-bond donors (Lipinski definition) is 3. The lowest BCUT2D eigenvalue weighted by molar-refractivity contribution is -0.0612. The minimum absolute atomic E-state index is 0.00182. The Hall–Kier alpha value is -1.62. The van der Waals surface area contributed by atoms with E-state index >= 15 is 0 Å². The molecule has 1 aliphatic carbocycles. The number of fused-ring (bicyclic) bond motifs is 1. The average molecular weight is 274 g/mol. The molecular weight excluding hydrogens is 252 g/mol. The number of nitrogens with two attached hydrogens (primary N) is 1. The third-order valence-corrected chi connectivity index (χ3v) is 4.81. The third-order valence-electron chi connectivity index (χ3n) is 4.81. The van der Waals surface area contributed by atoms with Crippen LogP contribution in [0.1, 0.15) is 37.8 Å². The second-order valence-corrected chi connectivity index (χ2v) is 6.06. The van der Waals surface area contributed by atoms with Gasteiger partial charge in [-0.2, -0.15) is 0 Å². The molecule has 0 amide bonds. The van der Waals surface area contributed by atoms with Gasteiger partial charge < -0.3 is 15.7 Å². The van der Waals surface area contributed by atoms with Gasteiger partial charge in [0.25, 0.3) is 0 Å². The Balaban J connectivity index is 1.79. The van der Waals surface area contributed by atoms with Crippen molar-refractivity contribution in [2.45, 2.75) is 37.7 Å². The summed E-state index contributed by atoms with van der Waals surface area (Å²) in [6.45, 7) is 1.74. The van der Waals surface area contributed by atoms with Crippen LogP contribution in [0.4, 0.5) is 5.69 Å². The highest BCUT2D eigenvalue weighted by Gasteiger charge is 2.42. The van der Waals surface area contributed by atoms with E-state index in [1.54, 1.807) is 6.20 Å². The molecule has 1 saturated heterocycles. The van der Waals surface area contributed by atoms with Crippen molar-refractivity contribution in [3.63, 3.8) is 0 Å². The number of rotatable bonds is 2. The summed E-state index contributed by atoms with van der Waals surface area (Å²) in [7, 11) is 0. The van der Waals surface area contributed by atoms with Crippen molar-refractivity contribution in [3.8, 4) is 0 Å². The molecule has 0 bridgehead atoms. The standard InChI is InChI=1S/C15H22N4O/c16-14(17)13-9-12(4-7-18-13)19-8-6-15(20)5-2-1-3-11(15)10-19/h4,7,9,11,20H,1-3,5-6,8,10H2,(H3,16,17). The molecule has 0 radical (unpaired) electrons. The van der Waals surface area contributed by atoms with Crippen LogP contribution in [0.5, 0.6) is 0 Å². The average Bonchev–Trinajstić information content (AvgIpc) is 2.46. The number of amidine groups is 1. The molecule has 20 heavy (non-hydrogen) atoms. The van der Waals surface area contributed by atoms with Crippen molar-refractivity contribution < 1.29 is 5.11 Å². The topological polar surface area (TPSA) is 86.2 Å². The SMILES string of the molecule is N=C(N)c1cc(N2CCC3(O)CCCCC3C2)ccn1. The number of piperidine rings is 1. The minimum atomic E-state index is -0.453. The van der Waals surface area contributed by atoms with Crippen LogP contribution in [0.2, 0.25) is 0 Å². The van der Waals surface area contributed by atoms with Gasteiger partial charge in [0.05, 0.1) is 5.60 Å². The van der Waals surface area contributed by atoms with Crippen molar-refractivity contribution in [2.75, 3.05) is 18.0 Å². The molecule has 2 atom stereocenters. The van der Waals surface area contributed by atoms with E-state index in [1.165, 1.54) is 6.42 Å². The van der Waals surface area contributed by atoms with E-state index in [0.29, 0.717) is 11.6 Å². The van der Waals surface area contributed by atoms with Gasteiger partial charge in [-0.1, -0.05) is 12.8 Å². The first-order chi connectivity index (χ1) is 9.58. The van der Waals surface area contributed by atoms with Gasteiger partial charge >= 0.3 is 0 Å². The normalized spacial score (nSPS) is 29.9. The van der Waals surface area contributed by atoms with Crippen molar-refractivity contribution in [1.29, 1.82) is 5.41 Å². The molecule has 5 heteroatoms. The molecule has 3 rings (SSSR count). The zero-order chi connectivity index (χ0) is 14.2. The number of hydrogen-bond acceptors (Lipinski definition) is 4. The number of aromatic nitrogens is 1. The van der Waals surface area contributed by atoms with E-state index in [1.807, 2.05) is 12.1 Å². The van der Waals surface area contributed by atoms with Crippen LogP contribution < -0.4 is 10.6 Å². The van der Waals surface area contributed by atoms with Crippen LogP contribution in [0.15, 0.2) is 18.3 Å². The molecular formula is C15H22N4O. The highest BCUT2D eigenvalue weighted by Crippen LogP contribution is 2.40. The zero-order valence-corrected chi connectivity index (χ0v) is 11.7. The highest BCUT2D eigenvalue weighted by atomic mass is 16.3. The molecule has 2 unspecified atom stereocenters. The maximum absolute atomic E-state index is 10.7. The predicted octanol–water partition coefficient (Wildman–Crippen LogP) is 1.50. The van der Waals surface area contributed by atoms with Crippen molar-refractivity contribution >= 4 is 11.5 Å². The first-order valence-corrected chi connectivity index (χ1v) is 7.36. The smallest absolute Gasteiger partial charge is 0.141 e.